The van der Waals surface area contributed by atoms with Crippen molar-refractivity contribution in [1.82, 2.24) is 10.2 Å². The van der Waals surface area contributed by atoms with E-state index in [-0.39, 0.29) is 5.91 Å². The van der Waals surface area contributed by atoms with Crippen LogP contribution in [0.4, 0.5) is 4.79 Å². The zero-order valence-corrected chi connectivity index (χ0v) is 16.1. The molecule has 1 saturated heterocycles. The number of carbonyl (C=O) groups is 2. The average molecular weight is 364 g/mol. The van der Waals surface area contributed by atoms with Gasteiger partial charge in [-0.2, -0.15) is 0 Å². The minimum Gasteiger partial charge on any atom is -0.493 e. The summed E-state index contributed by atoms with van der Waals surface area (Å²) in [6.07, 6.45) is 0.978. The van der Waals surface area contributed by atoms with Gasteiger partial charge in [-0.15, -0.1) is 0 Å². The van der Waals surface area contributed by atoms with Crippen LogP contribution in [0.3, 0.4) is 0 Å². The van der Waals surface area contributed by atoms with Crippen LogP contribution >= 0.6 is 0 Å². The van der Waals surface area contributed by atoms with Crippen molar-refractivity contribution in [3.63, 3.8) is 0 Å². The van der Waals surface area contributed by atoms with E-state index in [1.807, 2.05) is 32.9 Å². The third kappa shape index (κ3) is 5.03. The maximum atomic E-state index is 12.6. The highest BCUT2D eigenvalue weighted by molar-refractivity contribution is 5.86. The molecule has 26 heavy (non-hydrogen) atoms. The number of hydrogen-bond donors (Lipinski definition) is 1. The van der Waals surface area contributed by atoms with Gasteiger partial charge in [0.1, 0.15) is 11.6 Å². The fraction of sp³-hybridized carbons (Fsp3) is 0.579. The number of nitrogens with one attached hydrogen (secondary N) is 1. The Bertz CT molecular complexity index is 654. The molecule has 0 unspecified atom stereocenters. The topological polar surface area (TPSA) is 77.1 Å². The summed E-state index contributed by atoms with van der Waals surface area (Å²) < 4.78 is 15.9. The summed E-state index contributed by atoms with van der Waals surface area (Å²) in [7, 11) is 3.14. The Balaban J connectivity index is 1.97. The summed E-state index contributed by atoms with van der Waals surface area (Å²) in [4.78, 5) is 26.4. The van der Waals surface area contributed by atoms with Gasteiger partial charge in [0, 0.05) is 13.1 Å². The Kier molecular flexibility index (Phi) is 6.34. The third-order valence-corrected chi connectivity index (χ3v) is 4.10. The molecule has 1 aliphatic rings. The lowest BCUT2D eigenvalue weighted by Crippen LogP contribution is -2.47. The zero-order chi connectivity index (χ0) is 19.3. The van der Waals surface area contributed by atoms with Crippen LogP contribution in [0.5, 0.6) is 11.5 Å². The lowest BCUT2D eigenvalue weighted by molar-refractivity contribution is -0.125. The van der Waals surface area contributed by atoms with Crippen LogP contribution in [0, 0.1) is 0 Å². The minimum atomic E-state index is -0.583. The highest BCUT2D eigenvalue weighted by Gasteiger charge is 2.36. The van der Waals surface area contributed by atoms with E-state index < -0.39 is 17.7 Å². The largest absolute Gasteiger partial charge is 0.493 e. The molecule has 0 aromatic heterocycles. The Morgan fingerprint density at radius 2 is 1.88 bits per heavy atom. The molecule has 1 atom stereocenters. The van der Waals surface area contributed by atoms with E-state index in [9.17, 15) is 9.59 Å². The predicted molar refractivity (Wildman–Crippen MR) is 97.4 cm³/mol. The molecule has 144 valence electrons. The van der Waals surface area contributed by atoms with Crippen LogP contribution in [0.15, 0.2) is 18.2 Å². The van der Waals surface area contributed by atoms with Crippen LogP contribution in [0.25, 0.3) is 0 Å². The van der Waals surface area contributed by atoms with Crippen molar-refractivity contribution in [2.24, 2.45) is 0 Å². The van der Waals surface area contributed by atoms with Gasteiger partial charge in [-0.05, 0) is 51.3 Å². The molecule has 0 saturated carbocycles. The van der Waals surface area contributed by atoms with E-state index in [0.29, 0.717) is 31.0 Å². The van der Waals surface area contributed by atoms with Gasteiger partial charge in [0.15, 0.2) is 11.5 Å². The highest BCUT2D eigenvalue weighted by atomic mass is 16.6. The number of methoxy groups -OCH3 is 2. The molecule has 1 heterocycles. The van der Waals surface area contributed by atoms with E-state index in [4.69, 9.17) is 14.2 Å². The standard InChI is InChI=1S/C19H28N2O5/c1-19(2,3)26-18(23)21-10-6-7-14(21)17(22)20-12-13-8-9-15(24-4)16(11-13)25-5/h8-9,11,14H,6-7,10,12H2,1-5H3,(H,20,22)/t14-/m0/s1. The van der Waals surface area contributed by atoms with Crippen molar-refractivity contribution in [2.75, 3.05) is 20.8 Å². The maximum absolute atomic E-state index is 12.6. The van der Waals surface area contributed by atoms with Crippen molar-refractivity contribution < 1.29 is 23.8 Å². The van der Waals surface area contributed by atoms with E-state index in [1.165, 1.54) is 4.90 Å². The number of nitrogens with zero attached hydrogens (tertiary/aromatic N) is 1. The molecule has 1 fully saturated rings. The normalized spacial score (nSPS) is 17.0. The molecule has 7 heteroatoms. The van der Waals surface area contributed by atoms with Crippen LogP contribution in [0.2, 0.25) is 0 Å². The molecule has 0 aliphatic carbocycles. The van der Waals surface area contributed by atoms with Gasteiger partial charge < -0.3 is 19.5 Å². The summed E-state index contributed by atoms with van der Waals surface area (Å²) in [5.41, 5.74) is 0.304. The first kappa shape index (κ1) is 19.9. The van der Waals surface area contributed by atoms with E-state index >= 15 is 0 Å². The Morgan fingerprint density at radius 1 is 1.19 bits per heavy atom. The number of likely N-dealkylation sites (tertiary alicyclic amines) is 1. The van der Waals surface area contributed by atoms with Crippen molar-refractivity contribution in [2.45, 2.75) is 51.8 Å². The van der Waals surface area contributed by atoms with Gasteiger partial charge in [0.2, 0.25) is 5.91 Å². The van der Waals surface area contributed by atoms with Crippen LogP contribution < -0.4 is 14.8 Å². The van der Waals surface area contributed by atoms with Crippen LogP contribution in [0.1, 0.15) is 39.2 Å². The maximum Gasteiger partial charge on any atom is 0.410 e. The molecule has 2 rings (SSSR count). The van der Waals surface area contributed by atoms with Gasteiger partial charge >= 0.3 is 6.09 Å². The van der Waals surface area contributed by atoms with Gasteiger partial charge in [0.05, 0.1) is 14.2 Å². The van der Waals surface area contributed by atoms with Crippen LogP contribution in [-0.4, -0.2) is 49.3 Å². The second-order valence-corrected chi connectivity index (χ2v) is 7.24. The monoisotopic (exact) mass is 364 g/mol. The van der Waals surface area contributed by atoms with Crippen LogP contribution in [-0.2, 0) is 16.1 Å². The molecular formula is C19H28N2O5. The zero-order valence-electron chi connectivity index (χ0n) is 16.1. The molecule has 1 N–H and O–H groups in total. The summed E-state index contributed by atoms with van der Waals surface area (Å²) in [5.74, 6) is 1.06. The van der Waals surface area contributed by atoms with Gasteiger partial charge in [-0.3, -0.25) is 9.69 Å². The predicted octanol–water partition coefficient (Wildman–Crippen LogP) is 2.72. The fourth-order valence-electron chi connectivity index (χ4n) is 2.88. The van der Waals surface area contributed by atoms with Crippen molar-refractivity contribution in [1.29, 1.82) is 0 Å². The van der Waals surface area contributed by atoms with Crippen molar-refractivity contribution >= 4 is 12.0 Å². The summed E-state index contributed by atoms with van der Waals surface area (Å²) in [5, 5.41) is 2.89. The quantitative estimate of drug-likeness (QED) is 0.869. The first-order valence-electron chi connectivity index (χ1n) is 8.73. The number of rotatable bonds is 5. The lowest BCUT2D eigenvalue weighted by Gasteiger charge is -2.28. The number of amides is 2. The Labute approximate surface area is 154 Å². The highest BCUT2D eigenvalue weighted by Crippen LogP contribution is 2.27. The number of hydrogen-bond acceptors (Lipinski definition) is 5. The molecule has 1 aromatic rings. The third-order valence-electron chi connectivity index (χ3n) is 4.10. The molecule has 0 radical (unpaired) electrons. The van der Waals surface area contributed by atoms with Gasteiger partial charge in [0.25, 0.3) is 0 Å². The molecular weight excluding hydrogens is 336 g/mol. The minimum absolute atomic E-state index is 0.178. The lowest BCUT2D eigenvalue weighted by atomic mass is 10.1. The van der Waals surface area contributed by atoms with E-state index in [0.717, 1.165) is 12.0 Å². The molecule has 2 amide bonds. The summed E-state index contributed by atoms with van der Waals surface area (Å²) >= 11 is 0. The van der Waals surface area contributed by atoms with E-state index in [2.05, 4.69) is 5.32 Å². The number of carbonyl (C=O) groups excluding carboxylic acids is 2. The molecule has 7 nitrogen and oxygen atoms in total. The molecule has 1 aliphatic heterocycles. The summed E-state index contributed by atoms with van der Waals surface area (Å²) in [6, 6.07) is 4.98. The molecule has 1 aromatic carbocycles. The second-order valence-electron chi connectivity index (χ2n) is 7.24. The van der Waals surface area contributed by atoms with Crippen molar-refractivity contribution in [3.8, 4) is 11.5 Å². The SMILES string of the molecule is COc1ccc(CNC(=O)[C@@H]2CCCN2C(=O)OC(C)(C)C)cc1OC. The molecule has 0 bridgehead atoms. The Hall–Kier alpha value is -2.44. The summed E-state index contributed by atoms with van der Waals surface area (Å²) in [6.45, 7) is 6.31. The van der Waals surface area contributed by atoms with Crippen molar-refractivity contribution in [3.05, 3.63) is 23.8 Å². The van der Waals surface area contributed by atoms with Gasteiger partial charge in [-0.1, -0.05) is 6.07 Å². The van der Waals surface area contributed by atoms with Gasteiger partial charge in [-0.25, -0.2) is 4.79 Å². The first-order chi connectivity index (χ1) is 12.2. The average Bonchev–Trinajstić information content (AvgIpc) is 3.07. The Morgan fingerprint density at radius 3 is 2.50 bits per heavy atom. The van der Waals surface area contributed by atoms with E-state index in [1.54, 1.807) is 20.3 Å². The fourth-order valence-corrected chi connectivity index (χ4v) is 2.88. The first-order valence-corrected chi connectivity index (χ1v) is 8.73. The number of benzene rings is 1. The smallest absolute Gasteiger partial charge is 0.410 e. The number of ether oxygens (including phenoxy) is 3. The molecule has 0 spiro atoms. The second kappa shape index (κ2) is 8.29.